The second-order valence-electron chi connectivity index (χ2n) is 5.70. The molecule has 0 aliphatic rings. The molecule has 0 aromatic heterocycles. The molecule has 2 rings (SSSR count). The topological polar surface area (TPSA) is 72.5 Å². The highest BCUT2D eigenvalue weighted by Gasteiger charge is 2.20. The Morgan fingerprint density at radius 2 is 1.38 bits per heavy atom. The fourth-order valence-electron chi connectivity index (χ4n) is 2.32. The molecular formula is C21H23FO7. The van der Waals surface area contributed by atoms with Gasteiger partial charge in [0.2, 0.25) is 0 Å². The molecule has 156 valence electrons. The molecule has 0 saturated carbocycles. The zero-order chi connectivity index (χ0) is 21.1. The van der Waals surface area contributed by atoms with E-state index in [0.717, 1.165) is 0 Å². The summed E-state index contributed by atoms with van der Waals surface area (Å²) >= 11 is 0. The van der Waals surface area contributed by atoms with Crippen molar-refractivity contribution in [3.63, 3.8) is 0 Å². The standard InChI is InChI=1S/C21H23FO7/c1-24-12-27-17-10-19(28-13-25-2)21(20(11-17)29-14-26-3)18(23)9-6-15-4-7-16(22)8-5-15/h4-11H,12-14H2,1-3H3/b9-6+. The number of ketones is 1. The summed E-state index contributed by atoms with van der Waals surface area (Å²) in [4.78, 5) is 12.9. The van der Waals surface area contributed by atoms with Crippen molar-refractivity contribution in [2.75, 3.05) is 41.7 Å². The Labute approximate surface area is 168 Å². The van der Waals surface area contributed by atoms with E-state index in [1.807, 2.05) is 0 Å². The Kier molecular flexibility index (Phi) is 9.10. The van der Waals surface area contributed by atoms with Crippen LogP contribution in [-0.2, 0) is 14.2 Å². The van der Waals surface area contributed by atoms with Crippen LogP contribution >= 0.6 is 0 Å². The average molecular weight is 406 g/mol. The third-order valence-electron chi connectivity index (χ3n) is 3.59. The van der Waals surface area contributed by atoms with Crippen LogP contribution in [0.2, 0.25) is 0 Å². The fraction of sp³-hybridized carbons (Fsp3) is 0.286. The van der Waals surface area contributed by atoms with Crippen LogP contribution in [0.1, 0.15) is 15.9 Å². The van der Waals surface area contributed by atoms with Crippen LogP contribution in [0, 0.1) is 5.82 Å². The molecular weight excluding hydrogens is 383 g/mol. The van der Waals surface area contributed by atoms with Crippen LogP contribution in [0.3, 0.4) is 0 Å². The van der Waals surface area contributed by atoms with Crippen molar-refractivity contribution in [1.82, 2.24) is 0 Å². The Morgan fingerprint density at radius 1 is 0.862 bits per heavy atom. The van der Waals surface area contributed by atoms with Gasteiger partial charge in [0.05, 0.1) is 0 Å². The normalized spacial score (nSPS) is 10.9. The number of methoxy groups -OCH3 is 3. The molecule has 2 aromatic carbocycles. The van der Waals surface area contributed by atoms with E-state index in [0.29, 0.717) is 11.3 Å². The molecule has 0 saturated heterocycles. The van der Waals surface area contributed by atoms with Gasteiger partial charge in [-0.2, -0.15) is 0 Å². The van der Waals surface area contributed by atoms with Gasteiger partial charge in [-0.3, -0.25) is 4.79 Å². The van der Waals surface area contributed by atoms with Crippen LogP contribution in [-0.4, -0.2) is 47.5 Å². The van der Waals surface area contributed by atoms with Crippen molar-refractivity contribution in [2.45, 2.75) is 0 Å². The van der Waals surface area contributed by atoms with Crippen molar-refractivity contribution in [3.05, 3.63) is 59.4 Å². The van der Waals surface area contributed by atoms with Crippen LogP contribution in [0.25, 0.3) is 6.08 Å². The first kappa shape index (κ1) is 22.4. The van der Waals surface area contributed by atoms with Crippen LogP contribution < -0.4 is 14.2 Å². The molecule has 29 heavy (non-hydrogen) atoms. The molecule has 0 bridgehead atoms. The van der Waals surface area contributed by atoms with Gasteiger partial charge in [-0.25, -0.2) is 4.39 Å². The first-order valence-electron chi connectivity index (χ1n) is 8.60. The summed E-state index contributed by atoms with van der Waals surface area (Å²) < 4.78 is 44.4. The van der Waals surface area contributed by atoms with Gasteiger partial charge >= 0.3 is 0 Å². The smallest absolute Gasteiger partial charge is 0.193 e. The fourth-order valence-corrected chi connectivity index (χ4v) is 2.32. The van der Waals surface area contributed by atoms with Gasteiger partial charge in [0, 0.05) is 33.5 Å². The molecule has 0 unspecified atom stereocenters. The van der Waals surface area contributed by atoms with Crippen LogP contribution in [0.5, 0.6) is 17.2 Å². The van der Waals surface area contributed by atoms with Gasteiger partial charge in [-0.1, -0.05) is 18.2 Å². The lowest BCUT2D eigenvalue weighted by Crippen LogP contribution is -2.10. The number of benzene rings is 2. The zero-order valence-electron chi connectivity index (χ0n) is 16.5. The predicted octanol–water partition coefficient (Wildman–Crippen LogP) is 3.67. The van der Waals surface area contributed by atoms with Crippen molar-refractivity contribution < 1.29 is 37.6 Å². The molecule has 8 heteroatoms. The highest BCUT2D eigenvalue weighted by atomic mass is 19.1. The largest absolute Gasteiger partial charge is 0.467 e. The molecule has 0 aliphatic heterocycles. The minimum atomic E-state index is -0.384. The monoisotopic (exact) mass is 406 g/mol. The predicted molar refractivity (Wildman–Crippen MR) is 104 cm³/mol. The summed E-state index contributed by atoms with van der Waals surface area (Å²) in [6.07, 6.45) is 2.91. The second kappa shape index (κ2) is 11.8. The molecule has 0 N–H and O–H groups in total. The lowest BCUT2D eigenvalue weighted by molar-refractivity contribution is 0.0400. The first-order chi connectivity index (χ1) is 14.1. The summed E-state index contributed by atoms with van der Waals surface area (Å²) in [6, 6.07) is 8.82. The summed E-state index contributed by atoms with van der Waals surface area (Å²) in [6.45, 7) is -0.163. The molecule has 0 amide bonds. The molecule has 0 fully saturated rings. The Bertz CT molecular complexity index is 789. The van der Waals surface area contributed by atoms with E-state index in [9.17, 15) is 9.18 Å². The number of carbonyl (C=O) groups excluding carboxylic acids is 1. The number of hydrogen-bond donors (Lipinski definition) is 0. The van der Waals surface area contributed by atoms with Crippen molar-refractivity contribution in [2.24, 2.45) is 0 Å². The number of halogens is 1. The maximum Gasteiger partial charge on any atom is 0.193 e. The maximum absolute atomic E-state index is 13.1. The minimum absolute atomic E-state index is 0.00516. The second-order valence-corrected chi connectivity index (χ2v) is 5.70. The number of hydrogen-bond acceptors (Lipinski definition) is 7. The van der Waals surface area contributed by atoms with Gasteiger partial charge in [0.15, 0.2) is 26.2 Å². The van der Waals surface area contributed by atoms with E-state index < -0.39 is 0 Å². The molecule has 0 radical (unpaired) electrons. The Morgan fingerprint density at radius 3 is 1.90 bits per heavy atom. The lowest BCUT2D eigenvalue weighted by atomic mass is 10.1. The van der Waals surface area contributed by atoms with E-state index in [4.69, 9.17) is 28.4 Å². The van der Waals surface area contributed by atoms with Crippen molar-refractivity contribution in [1.29, 1.82) is 0 Å². The quantitative estimate of drug-likeness (QED) is 0.303. The lowest BCUT2D eigenvalue weighted by Gasteiger charge is -2.16. The van der Waals surface area contributed by atoms with Crippen LogP contribution in [0.4, 0.5) is 4.39 Å². The van der Waals surface area contributed by atoms with Gasteiger partial charge in [0.25, 0.3) is 0 Å². The highest BCUT2D eigenvalue weighted by Crippen LogP contribution is 2.35. The highest BCUT2D eigenvalue weighted by molar-refractivity contribution is 6.10. The van der Waals surface area contributed by atoms with Crippen LogP contribution in [0.15, 0.2) is 42.5 Å². The summed E-state index contributed by atoms with van der Waals surface area (Å²) in [5.74, 6) is 0.0548. The third kappa shape index (κ3) is 6.86. The third-order valence-corrected chi connectivity index (χ3v) is 3.59. The van der Waals surface area contributed by atoms with Gasteiger partial charge in [-0.15, -0.1) is 0 Å². The van der Waals surface area contributed by atoms with E-state index >= 15 is 0 Å². The maximum atomic E-state index is 13.1. The SMILES string of the molecule is COCOc1cc(OCOC)c(C(=O)/C=C/c2ccc(F)cc2)c(OCOC)c1. The average Bonchev–Trinajstić information content (AvgIpc) is 2.73. The van der Waals surface area contributed by atoms with Gasteiger partial charge in [-0.05, 0) is 23.8 Å². The number of ether oxygens (including phenoxy) is 6. The molecule has 0 aliphatic carbocycles. The molecule has 0 heterocycles. The van der Waals surface area contributed by atoms with Crippen molar-refractivity contribution >= 4 is 11.9 Å². The molecule has 2 aromatic rings. The first-order valence-corrected chi connectivity index (χ1v) is 8.60. The number of carbonyl (C=O) groups is 1. The number of allylic oxidation sites excluding steroid dienone is 1. The molecule has 7 nitrogen and oxygen atoms in total. The minimum Gasteiger partial charge on any atom is -0.467 e. The number of rotatable bonds is 12. The van der Waals surface area contributed by atoms with Gasteiger partial charge in [0.1, 0.15) is 28.6 Å². The summed E-state index contributed by atoms with van der Waals surface area (Å²) in [5.41, 5.74) is 0.834. The van der Waals surface area contributed by atoms with E-state index in [2.05, 4.69) is 0 Å². The zero-order valence-corrected chi connectivity index (χ0v) is 16.5. The van der Waals surface area contributed by atoms with E-state index in [1.165, 1.54) is 51.7 Å². The molecule has 0 spiro atoms. The summed E-state index contributed by atoms with van der Waals surface area (Å²) in [5, 5.41) is 0. The molecule has 0 atom stereocenters. The van der Waals surface area contributed by atoms with Gasteiger partial charge < -0.3 is 28.4 Å². The van der Waals surface area contributed by atoms with E-state index in [1.54, 1.807) is 18.2 Å². The Balaban J connectivity index is 2.40. The van der Waals surface area contributed by atoms with Crippen molar-refractivity contribution in [3.8, 4) is 17.2 Å². The summed E-state index contributed by atoms with van der Waals surface area (Å²) in [7, 11) is 4.41. The van der Waals surface area contributed by atoms with E-state index in [-0.39, 0.29) is 49.0 Å². The Hall–Kier alpha value is -2.94.